The first-order chi connectivity index (χ1) is 10.1. The summed E-state index contributed by atoms with van der Waals surface area (Å²) in [5, 5.41) is 2.61. The van der Waals surface area contributed by atoms with Gasteiger partial charge in [-0.2, -0.15) is 0 Å². The Balaban J connectivity index is 2.26. The standard InChI is InChI=1S/C16H15NO4/c1-11(18)17-13-8-4-6-10-15(13)21-16(19)12-7-3-5-9-14(12)20-2/h3-10H,1-2H3,(H,17,18). The molecule has 0 heterocycles. The molecule has 2 aromatic rings. The molecular formula is C16H15NO4. The maximum atomic E-state index is 12.2. The van der Waals surface area contributed by atoms with Crippen molar-refractivity contribution in [2.75, 3.05) is 12.4 Å². The molecule has 2 rings (SSSR count). The number of nitrogens with one attached hydrogen (secondary N) is 1. The first-order valence-electron chi connectivity index (χ1n) is 6.33. The predicted octanol–water partition coefficient (Wildman–Crippen LogP) is 2.87. The number of para-hydroxylation sites is 3. The van der Waals surface area contributed by atoms with Crippen molar-refractivity contribution >= 4 is 17.6 Å². The normalized spacial score (nSPS) is 9.81. The van der Waals surface area contributed by atoms with Gasteiger partial charge in [0.1, 0.15) is 11.3 Å². The summed E-state index contributed by atoms with van der Waals surface area (Å²) < 4.78 is 10.5. The first-order valence-corrected chi connectivity index (χ1v) is 6.33. The fraction of sp³-hybridized carbons (Fsp3) is 0.125. The number of hydrogen-bond donors (Lipinski definition) is 1. The number of ether oxygens (including phenoxy) is 2. The van der Waals surface area contributed by atoms with Crippen molar-refractivity contribution < 1.29 is 19.1 Å². The Labute approximate surface area is 122 Å². The van der Waals surface area contributed by atoms with Gasteiger partial charge < -0.3 is 14.8 Å². The molecule has 0 atom stereocenters. The molecule has 0 bridgehead atoms. The summed E-state index contributed by atoms with van der Waals surface area (Å²) in [5.41, 5.74) is 0.755. The lowest BCUT2D eigenvalue weighted by molar-refractivity contribution is -0.114. The minimum atomic E-state index is -0.551. The third kappa shape index (κ3) is 3.60. The molecule has 1 N–H and O–H groups in total. The van der Waals surface area contributed by atoms with Crippen LogP contribution in [-0.4, -0.2) is 19.0 Å². The lowest BCUT2D eigenvalue weighted by Gasteiger charge is -2.11. The van der Waals surface area contributed by atoms with Crippen molar-refractivity contribution in [1.82, 2.24) is 0 Å². The Morgan fingerprint density at radius 3 is 2.24 bits per heavy atom. The number of methoxy groups -OCH3 is 1. The van der Waals surface area contributed by atoms with Gasteiger partial charge in [-0.3, -0.25) is 4.79 Å². The Kier molecular flexibility index (Phi) is 4.56. The monoisotopic (exact) mass is 285 g/mol. The second kappa shape index (κ2) is 6.56. The smallest absolute Gasteiger partial charge is 0.347 e. The molecule has 2 aromatic carbocycles. The molecule has 0 aliphatic carbocycles. The van der Waals surface area contributed by atoms with Crippen LogP contribution in [0.1, 0.15) is 17.3 Å². The van der Waals surface area contributed by atoms with Crippen molar-refractivity contribution in [1.29, 1.82) is 0 Å². The van der Waals surface area contributed by atoms with Gasteiger partial charge in [-0.15, -0.1) is 0 Å². The van der Waals surface area contributed by atoms with E-state index in [9.17, 15) is 9.59 Å². The zero-order valence-corrected chi connectivity index (χ0v) is 11.8. The van der Waals surface area contributed by atoms with Crippen molar-refractivity contribution in [3.63, 3.8) is 0 Å². The topological polar surface area (TPSA) is 64.6 Å². The van der Waals surface area contributed by atoms with Crippen LogP contribution in [0.3, 0.4) is 0 Å². The summed E-state index contributed by atoms with van der Waals surface area (Å²) in [6.45, 7) is 1.39. The molecule has 0 aliphatic heterocycles. The Hall–Kier alpha value is -2.82. The Morgan fingerprint density at radius 1 is 0.952 bits per heavy atom. The van der Waals surface area contributed by atoms with Gasteiger partial charge in [0.2, 0.25) is 5.91 Å². The van der Waals surface area contributed by atoms with Crippen LogP contribution in [0.5, 0.6) is 11.5 Å². The van der Waals surface area contributed by atoms with Crippen LogP contribution in [0.15, 0.2) is 48.5 Å². The molecule has 1 amide bonds. The highest BCUT2D eigenvalue weighted by atomic mass is 16.5. The van der Waals surface area contributed by atoms with Gasteiger partial charge in [0, 0.05) is 6.92 Å². The fourth-order valence-electron chi connectivity index (χ4n) is 1.82. The second-order valence-electron chi connectivity index (χ2n) is 4.27. The molecule has 0 unspecified atom stereocenters. The molecule has 0 aromatic heterocycles. The SMILES string of the molecule is COc1ccccc1C(=O)Oc1ccccc1NC(C)=O. The highest BCUT2D eigenvalue weighted by Crippen LogP contribution is 2.26. The number of rotatable bonds is 4. The highest BCUT2D eigenvalue weighted by Gasteiger charge is 2.15. The van der Waals surface area contributed by atoms with E-state index in [0.29, 0.717) is 17.0 Å². The number of carbonyl (C=O) groups is 2. The molecule has 0 spiro atoms. The van der Waals surface area contributed by atoms with Crippen LogP contribution in [-0.2, 0) is 4.79 Å². The van der Waals surface area contributed by atoms with Crippen LogP contribution in [0.25, 0.3) is 0 Å². The maximum Gasteiger partial charge on any atom is 0.347 e. The van der Waals surface area contributed by atoms with Crippen molar-refractivity contribution in [3.05, 3.63) is 54.1 Å². The molecule has 0 saturated carbocycles. The number of hydrogen-bond acceptors (Lipinski definition) is 4. The van der Waals surface area contributed by atoms with Gasteiger partial charge >= 0.3 is 5.97 Å². The third-order valence-electron chi connectivity index (χ3n) is 2.73. The van der Waals surface area contributed by atoms with Gasteiger partial charge in [-0.25, -0.2) is 4.79 Å². The number of benzene rings is 2. The van der Waals surface area contributed by atoms with E-state index in [0.717, 1.165) is 0 Å². The summed E-state index contributed by atoms with van der Waals surface area (Å²) in [4.78, 5) is 23.4. The van der Waals surface area contributed by atoms with Crippen molar-refractivity contribution in [2.45, 2.75) is 6.92 Å². The van der Waals surface area contributed by atoms with E-state index >= 15 is 0 Å². The first kappa shape index (κ1) is 14.6. The zero-order valence-electron chi connectivity index (χ0n) is 11.8. The summed E-state index contributed by atoms with van der Waals surface area (Å²) in [6.07, 6.45) is 0. The third-order valence-corrected chi connectivity index (χ3v) is 2.73. The largest absolute Gasteiger partial charge is 0.496 e. The lowest BCUT2D eigenvalue weighted by atomic mass is 10.2. The van der Waals surface area contributed by atoms with Crippen LogP contribution < -0.4 is 14.8 Å². The van der Waals surface area contributed by atoms with Gasteiger partial charge in [0.05, 0.1) is 12.8 Å². The number of anilines is 1. The highest BCUT2D eigenvalue weighted by molar-refractivity contribution is 5.96. The van der Waals surface area contributed by atoms with Crippen molar-refractivity contribution in [3.8, 4) is 11.5 Å². The predicted molar refractivity (Wildman–Crippen MR) is 78.7 cm³/mol. The van der Waals surface area contributed by atoms with E-state index in [1.807, 2.05) is 0 Å². The minimum absolute atomic E-state index is 0.240. The molecule has 5 heteroatoms. The average Bonchev–Trinajstić information content (AvgIpc) is 2.48. The Morgan fingerprint density at radius 2 is 1.57 bits per heavy atom. The van der Waals surface area contributed by atoms with Crippen LogP contribution in [0.4, 0.5) is 5.69 Å². The van der Waals surface area contributed by atoms with E-state index in [4.69, 9.17) is 9.47 Å². The zero-order chi connectivity index (χ0) is 15.2. The van der Waals surface area contributed by atoms with E-state index in [2.05, 4.69) is 5.32 Å². The molecule has 0 aliphatic rings. The van der Waals surface area contributed by atoms with E-state index in [1.54, 1.807) is 48.5 Å². The Bertz CT molecular complexity index is 667. The van der Waals surface area contributed by atoms with Crippen molar-refractivity contribution in [2.24, 2.45) is 0 Å². The number of esters is 1. The maximum absolute atomic E-state index is 12.2. The number of carbonyl (C=O) groups excluding carboxylic acids is 2. The molecule has 0 saturated heterocycles. The molecule has 108 valence electrons. The molecule has 0 radical (unpaired) electrons. The molecule has 21 heavy (non-hydrogen) atoms. The molecule has 5 nitrogen and oxygen atoms in total. The van der Waals surface area contributed by atoms with Crippen LogP contribution >= 0.6 is 0 Å². The van der Waals surface area contributed by atoms with Gasteiger partial charge in [0.25, 0.3) is 0 Å². The lowest BCUT2D eigenvalue weighted by Crippen LogP contribution is -2.13. The summed E-state index contributed by atoms with van der Waals surface area (Å²) >= 11 is 0. The minimum Gasteiger partial charge on any atom is -0.496 e. The van der Waals surface area contributed by atoms with Crippen LogP contribution in [0.2, 0.25) is 0 Å². The second-order valence-corrected chi connectivity index (χ2v) is 4.27. The van der Waals surface area contributed by atoms with E-state index < -0.39 is 5.97 Å². The van der Waals surface area contributed by atoms with Gasteiger partial charge in [0.15, 0.2) is 5.75 Å². The number of amides is 1. The summed E-state index contributed by atoms with van der Waals surface area (Å²) in [6, 6.07) is 13.5. The van der Waals surface area contributed by atoms with Gasteiger partial charge in [-0.05, 0) is 24.3 Å². The van der Waals surface area contributed by atoms with Gasteiger partial charge in [-0.1, -0.05) is 24.3 Å². The average molecular weight is 285 g/mol. The molecular weight excluding hydrogens is 270 g/mol. The van der Waals surface area contributed by atoms with E-state index in [-0.39, 0.29) is 11.7 Å². The molecule has 0 fully saturated rings. The van der Waals surface area contributed by atoms with E-state index in [1.165, 1.54) is 14.0 Å². The summed E-state index contributed by atoms with van der Waals surface area (Å²) in [7, 11) is 1.48. The fourth-order valence-corrected chi connectivity index (χ4v) is 1.82. The quantitative estimate of drug-likeness (QED) is 0.693. The summed E-state index contributed by atoms with van der Waals surface area (Å²) in [5.74, 6) is -0.0795. The van der Waals surface area contributed by atoms with Crippen LogP contribution in [0, 0.1) is 0 Å².